The third kappa shape index (κ3) is 4.53. The summed E-state index contributed by atoms with van der Waals surface area (Å²) in [6.07, 6.45) is 2.11. The van der Waals surface area contributed by atoms with Gasteiger partial charge in [-0.25, -0.2) is 15.0 Å². The molecule has 4 aromatic heterocycles. The van der Waals surface area contributed by atoms with Gasteiger partial charge in [-0.1, -0.05) is 86.1 Å². The lowest BCUT2D eigenvalue weighted by Gasteiger charge is -2.10. The molecular formula is C44H31N5O. The fourth-order valence-corrected chi connectivity index (χ4v) is 7.30. The highest BCUT2D eigenvalue weighted by molar-refractivity contribution is 6.07. The molecule has 0 bridgehead atoms. The minimum atomic E-state index is 0.717. The van der Waals surface area contributed by atoms with E-state index in [0.717, 1.165) is 96.4 Å². The van der Waals surface area contributed by atoms with Crippen molar-refractivity contribution in [2.24, 2.45) is 0 Å². The molecule has 0 radical (unpaired) electrons. The number of imidazole rings is 2. The fraction of sp³-hybridized carbons (Fsp3) is 0.0682. The zero-order valence-corrected chi connectivity index (χ0v) is 27.4. The molecule has 0 N–H and O–H groups in total. The fourth-order valence-electron chi connectivity index (χ4n) is 7.30. The molecule has 0 saturated heterocycles. The molecule has 0 atom stereocenters. The molecule has 10 aromatic rings. The second kappa shape index (κ2) is 11.3. The molecule has 0 spiro atoms. The minimum absolute atomic E-state index is 0.717. The van der Waals surface area contributed by atoms with Gasteiger partial charge in [0.25, 0.3) is 0 Å². The Balaban J connectivity index is 1.16. The van der Waals surface area contributed by atoms with Gasteiger partial charge in [0, 0.05) is 27.5 Å². The summed E-state index contributed by atoms with van der Waals surface area (Å²) in [6, 6.07) is 50.6. The lowest BCUT2D eigenvalue weighted by Crippen LogP contribution is -1.96. The molecule has 10 rings (SSSR count). The van der Waals surface area contributed by atoms with E-state index >= 15 is 0 Å². The number of hydrogen-bond donors (Lipinski definition) is 0. The molecule has 6 nitrogen and oxygen atoms in total. The summed E-state index contributed by atoms with van der Waals surface area (Å²) >= 11 is 0. The van der Waals surface area contributed by atoms with E-state index < -0.39 is 0 Å². The highest BCUT2D eigenvalue weighted by Crippen LogP contribution is 2.36. The van der Waals surface area contributed by atoms with Gasteiger partial charge in [-0.05, 0) is 84.8 Å². The molecule has 0 aliphatic carbocycles. The van der Waals surface area contributed by atoms with Gasteiger partial charge in [-0.3, -0.25) is 8.97 Å². The Kier molecular flexibility index (Phi) is 6.42. The predicted molar refractivity (Wildman–Crippen MR) is 203 cm³/mol. The van der Waals surface area contributed by atoms with Crippen LogP contribution in [0.4, 0.5) is 0 Å². The minimum Gasteiger partial charge on any atom is -0.456 e. The quantitative estimate of drug-likeness (QED) is 0.181. The van der Waals surface area contributed by atoms with Crippen LogP contribution in [0.5, 0.6) is 0 Å². The number of aromatic nitrogens is 5. The van der Waals surface area contributed by atoms with Crippen molar-refractivity contribution in [2.45, 2.75) is 19.8 Å². The summed E-state index contributed by atoms with van der Waals surface area (Å²) in [4.78, 5) is 15.3. The zero-order valence-electron chi connectivity index (χ0n) is 27.4. The van der Waals surface area contributed by atoms with Crippen LogP contribution in [0.15, 0.2) is 150 Å². The highest BCUT2D eigenvalue weighted by atomic mass is 16.3. The maximum Gasteiger partial charge on any atom is 0.220 e. The van der Waals surface area contributed by atoms with Crippen LogP contribution in [0.1, 0.15) is 18.9 Å². The molecule has 0 aliphatic heterocycles. The van der Waals surface area contributed by atoms with Crippen LogP contribution in [0.25, 0.3) is 89.4 Å². The first-order valence-electron chi connectivity index (χ1n) is 17.1. The lowest BCUT2D eigenvalue weighted by molar-refractivity contribution is 0.669. The molecule has 0 saturated carbocycles. The van der Waals surface area contributed by atoms with Crippen LogP contribution < -0.4 is 0 Å². The van der Waals surface area contributed by atoms with Crippen molar-refractivity contribution >= 4 is 49.8 Å². The SMILES string of the molecule is CCCc1cccc(-c2nc(-c3ccccc3)cc(-c3ccc4oc5ccc(-n6c7ccccc7n7c8ccccc8nc67)cc5c4c3)n2)c1. The predicted octanol–water partition coefficient (Wildman–Crippen LogP) is 11.1. The van der Waals surface area contributed by atoms with Crippen LogP contribution in [0.2, 0.25) is 0 Å². The summed E-state index contributed by atoms with van der Waals surface area (Å²) in [7, 11) is 0. The van der Waals surface area contributed by atoms with Gasteiger partial charge in [0.2, 0.25) is 5.78 Å². The van der Waals surface area contributed by atoms with Gasteiger partial charge in [0.15, 0.2) is 5.82 Å². The Morgan fingerprint density at radius 1 is 0.540 bits per heavy atom. The normalized spacial score (nSPS) is 11.9. The number of para-hydroxylation sites is 4. The maximum atomic E-state index is 6.40. The third-order valence-electron chi connectivity index (χ3n) is 9.63. The van der Waals surface area contributed by atoms with Crippen molar-refractivity contribution in [1.29, 1.82) is 0 Å². The van der Waals surface area contributed by atoms with Gasteiger partial charge in [-0.2, -0.15) is 0 Å². The van der Waals surface area contributed by atoms with Crippen molar-refractivity contribution in [3.8, 4) is 39.6 Å². The summed E-state index contributed by atoms with van der Waals surface area (Å²) < 4.78 is 10.9. The number of fused-ring (bicyclic) bond motifs is 8. The van der Waals surface area contributed by atoms with E-state index in [-0.39, 0.29) is 0 Å². The maximum absolute atomic E-state index is 6.40. The Hall–Kier alpha value is -6.53. The lowest BCUT2D eigenvalue weighted by atomic mass is 10.0. The summed E-state index contributed by atoms with van der Waals surface area (Å²) in [5, 5.41) is 2.07. The first-order valence-corrected chi connectivity index (χ1v) is 17.1. The third-order valence-corrected chi connectivity index (χ3v) is 9.63. The van der Waals surface area contributed by atoms with Gasteiger partial charge < -0.3 is 4.42 Å². The second-order valence-electron chi connectivity index (χ2n) is 12.8. The molecule has 6 aromatic carbocycles. The van der Waals surface area contributed by atoms with E-state index in [1.54, 1.807) is 0 Å². The van der Waals surface area contributed by atoms with Crippen LogP contribution in [-0.2, 0) is 6.42 Å². The van der Waals surface area contributed by atoms with Crippen molar-refractivity contribution in [3.63, 3.8) is 0 Å². The molecule has 4 heterocycles. The van der Waals surface area contributed by atoms with Crippen molar-refractivity contribution in [2.75, 3.05) is 0 Å². The molecule has 6 heteroatoms. The monoisotopic (exact) mass is 645 g/mol. The number of benzene rings is 6. The van der Waals surface area contributed by atoms with Crippen LogP contribution in [-0.4, -0.2) is 23.9 Å². The van der Waals surface area contributed by atoms with Crippen LogP contribution in [0.3, 0.4) is 0 Å². The van der Waals surface area contributed by atoms with Crippen molar-refractivity contribution < 1.29 is 4.42 Å². The Bertz CT molecular complexity index is 2900. The molecule has 0 aliphatic rings. The highest BCUT2D eigenvalue weighted by Gasteiger charge is 2.19. The second-order valence-corrected chi connectivity index (χ2v) is 12.8. The number of aryl methyl sites for hydroxylation is 1. The molecule has 238 valence electrons. The average molecular weight is 646 g/mol. The zero-order chi connectivity index (χ0) is 33.2. The van der Waals surface area contributed by atoms with Crippen LogP contribution >= 0.6 is 0 Å². The smallest absolute Gasteiger partial charge is 0.220 e. The summed E-state index contributed by atoms with van der Waals surface area (Å²) in [5.74, 6) is 1.60. The van der Waals surface area contributed by atoms with Gasteiger partial charge in [0.05, 0.1) is 39.1 Å². The van der Waals surface area contributed by atoms with Crippen LogP contribution in [0, 0.1) is 0 Å². The number of furan rings is 1. The largest absolute Gasteiger partial charge is 0.456 e. The van der Waals surface area contributed by atoms with E-state index in [9.17, 15) is 0 Å². The average Bonchev–Trinajstić information content (AvgIpc) is 3.83. The van der Waals surface area contributed by atoms with Crippen molar-refractivity contribution in [1.82, 2.24) is 23.9 Å². The van der Waals surface area contributed by atoms with E-state index in [1.165, 1.54) is 5.56 Å². The molecular weight excluding hydrogens is 615 g/mol. The van der Waals surface area contributed by atoms with E-state index in [4.69, 9.17) is 19.4 Å². The first-order chi connectivity index (χ1) is 24.7. The van der Waals surface area contributed by atoms with Gasteiger partial charge in [0.1, 0.15) is 11.2 Å². The van der Waals surface area contributed by atoms with Gasteiger partial charge in [-0.15, -0.1) is 0 Å². The topological polar surface area (TPSA) is 61.2 Å². The standard InChI is InChI=1S/C44H31N5O/c1-2-11-28-12-10-15-31(24-28)43-45-36(29-13-4-3-5-14-29)27-37(46-43)30-20-22-41-33(25-30)34-26-32(21-23-42(34)50-41)48-39-18-8-9-19-40(39)49-38-17-7-6-16-35(38)47-44(48)49/h3-10,12-27H,2,11H2,1H3. The van der Waals surface area contributed by atoms with E-state index in [0.29, 0.717) is 5.82 Å². The number of rotatable bonds is 6. The molecule has 0 amide bonds. The summed E-state index contributed by atoms with van der Waals surface area (Å²) in [6.45, 7) is 2.20. The van der Waals surface area contributed by atoms with Gasteiger partial charge >= 0.3 is 0 Å². The first kappa shape index (κ1) is 28.5. The van der Waals surface area contributed by atoms with Crippen molar-refractivity contribution in [3.05, 3.63) is 151 Å². The van der Waals surface area contributed by atoms with E-state index in [2.05, 4.69) is 137 Å². The summed E-state index contributed by atoms with van der Waals surface area (Å²) in [5.41, 5.74) is 13.1. The Morgan fingerprint density at radius 2 is 1.24 bits per heavy atom. The molecule has 0 fully saturated rings. The Labute approximate surface area is 287 Å². The molecule has 50 heavy (non-hydrogen) atoms. The molecule has 0 unspecified atom stereocenters. The Morgan fingerprint density at radius 3 is 2.08 bits per heavy atom. The number of hydrogen-bond acceptors (Lipinski definition) is 4. The van der Waals surface area contributed by atoms with E-state index in [1.807, 2.05) is 24.3 Å². The number of nitrogens with zero attached hydrogens (tertiary/aromatic N) is 5.